The Hall–Kier alpha value is -1.30. The van der Waals surface area contributed by atoms with Crippen molar-refractivity contribution in [3.63, 3.8) is 0 Å². The van der Waals surface area contributed by atoms with Gasteiger partial charge in [-0.05, 0) is 59.3 Å². The van der Waals surface area contributed by atoms with E-state index in [1.54, 1.807) is 0 Å². The summed E-state index contributed by atoms with van der Waals surface area (Å²) in [7, 11) is 0. The Morgan fingerprint density at radius 2 is 2.05 bits per heavy atom. The summed E-state index contributed by atoms with van der Waals surface area (Å²) in [6, 6.07) is 14.0. The topological polar surface area (TPSA) is 34.1 Å². The number of nitrogens with zero attached hydrogens (tertiary/aromatic N) is 1. The highest BCUT2D eigenvalue weighted by Gasteiger charge is 1.99. The standard InChI is InChI=1S/C15H17IN2O/c1-2-9-17-15-8-4-6-13(18-15)11-19-14-7-3-5-12(16)10-14/h3-8,10H,2,9,11H2,1H3,(H,17,18). The summed E-state index contributed by atoms with van der Waals surface area (Å²) in [5.41, 5.74) is 0.931. The molecule has 0 atom stereocenters. The summed E-state index contributed by atoms with van der Waals surface area (Å²) < 4.78 is 6.91. The Bertz CT molecular complexity index is 531. The zero-order valence-corrected chi connectivity index (χ0v) is 13.1. The maximum atomic E-state index is 5.74. The lowest BCUT2D eigenvalue weighted by Gasteiger charge is -2.08. The van der Waals surface area contributed by atoms with Crippen molar-refractivity contribution in [2.24, 2.45) is 0 Å². The first-order chi connectivity index (χ1) is 9.28. The van der Waals surface area contributed by atoms with Gasteiger partial charge in [-0.3, -0.25) is 0 Å². The Morgan fingerprint density at radius 1 is 1.21 bits per heavy atom. The monoisotopic (exact) mass is 368 g/mol. The van der Waals surface area contributed by atoms with Crippen LogP contribution >= 0.6 is 22.6 Å². The molecule has 0 saturated heterocycles. The normalized spacial score (nSPS) is 10.2. The molecule has 0 aliphatic rings. The number of halogens is 1. The van der Waals surface area contributed by atoms with Crippen LogP contribution in [0.1, 0.15) is 19.0 Å². The molecule has 1 heterocycles. The summed E-state index contributed by atoms with van der Waals surface area (Å²) >= 11 is 2.27. The van der Waals surface area contributed by atoms with E-state index in [1.807, 2.05) is 42.5 Å². The highest BCUT2D eigenvalue weighted by Crippen LogP contribution is 2.16. The van der Waals surface area contributed by atoms with E-state index in [4.69, 9.17) is 4.74 Å². The number of benzene rings is 1. The van der Waals surface area contributed by atoms with Gasteiger partial charge in [-0.2, -0.15) is 0 Å². The summed E-state index contributed by atoms with van der Waals surface area (Å²) in [6.45, 7) is 3.56. The largest absolute Gasteiger partial charge is 0.487 e. The third kappa shape index (κ3) is 4.70. The first kappa shape index (κ1) is 14.1. The molecule has 0 fully saturated rings. The van der Waals surface area contributed by atoms with E-state index in [-0.39, 0.29) is 0 Å². The van der Waals surface area contributed by atoms with Crippen molar-refractivity contribution in [1.29, 1.82) is 0 Å². The number of nitrogens with one attached hydrogen (secondary N) is 1. The zero-order valence-electron chi connectivity index (χ0n) is 10.9. The molecule has 1 aromatic carbocycles. The smallest absolute Gasteiger partial charge is 0.130 e. The summed E-state index contributed by atoms with van der Waals surface area (Å²) in [5.74, 6) is 1.78. The Kier molecular flexibility index (Phi) is 5.44. The van der Waals surface area contributed by atoms with Crippen LogP contribution in [0.15, 0.2) is 42.5 Å². The van der Waals surface area contributed by atoms with Gasteiger partial charge >= 0.3 is 0 Å². The molecular formula is C15H17IN2O. The van der Waals surface area contributed by atoms with Gasteiger partial charge in [0.2, 0.25) is 0 Å². The fraction of sp³-hybridized carbons (Fsp3) is 0.267. The van der Waals surface area contributed by atoms with Gasteiger partial charge in [-0.25, -0.2) is 4.98 Å². The van der Waals surface area contributed by atoms with Crippen LogP contribution < -0.4 is 10.1 Å². The van der Waals surface area contributed by atoms with Crippen LogP contribution in [0, 0.1) is 3.57 Å². The molecule has 0 radical (unpaired) electrons. The minimum Gasteiger partial charge on any atom is -0.487 e. The second kappa shape index (κ2) is 7.33. The summed E-state index contributed by atoms with van der Waals surface area (Å²) in [4.78, 5) is 4.51. The van der Waals surface area contributed by atoms with Crippen molar-refractivity contribution in [2.75, 3.05) is 11.9 Å². The third-order valence-electron chi connectivity index (χ3n) is 2.55. The molecule has 0 amide bonds. The van der Waals surface area contributed by atoms with Crippen molar-refractivity contribution < 1.29 is 4.74 Å². The van der Waals surface area contributed by atoms with Gasteiger partial charge in [0, 0.05) is 10.1 Å². The van der Waals surface area contributed by atoms with Gasteiger partial charge in [-0.15, -0.1) is 0 Å². The Morgan fingerprint density at radius 3 is 2.84 bits per heavy atom. The van der Waals surface area contributed by atoms with Crippen LogP contribution in [0.2, 0.25) is 0 Å². The molecule has 0 saturated carbocycles. The molecule has 0 spiro atoms. The van der Waals surface area contributed by atoms with Crippen molar-refractivity contribution in [3.05, 3.63) is 51.7 Å². The van der Waals surface area contributed by atoms with Crippen LogP contribution in [-0.2, 0) is 6.61 Å². The highest BCUT2D eigenvalue weighted by molar-refractivity contribution is 14.1. The first-order valence-electron chi connectivity index (χ1n) is 6.36. The van der Waals surface area contributed by atoms with Crippen LogP contribution in [0.25, 0.3) is 0 Å². The molecule has 0 aliphatic heterocycles. The van der Waals surface area contributed by atoms with E-state index in [2.05, 4.69) is 39.8 Å². The van der Waals surface area contributed by atoms with Gasteiger partial charge in [0.25, 0.3) is 0 Å². The minimum absolute atomic E-state index is 0.488. The lowest BCUT2D eigenvalue weighted by Crippen LogP contribution is -2.04. The maximum absolute atomic E-state index is 5.74. The van der Waals surface area contributed by atoms with Crippen LogP contribution in [0.4, 0.5) is 5.82 Å². The molecule has 2 aromatic rings. The van der Waals surface area contributed by atoms with Gasteiger partial charge < -0.3 is 10.1 Å². The number of aromatic nitrogens is 1. The fourth-order valence-corrected chi connectivity index (χ4v) is 2.14. The highest BCUT2D eigenvalue weighted by atomic mass is 127. The minimum atomic E-state index is 0.488. The number of pyridine rings is 1. The Balaban J connectivity index is 1.95. The second-order valence-electron chi connectivity index (χ2n) is 4.19. The Labute approximate surface area is 127 Å². The molecule has 1 aromatic heterocycles. The van der Waals surface area contributed by atoms with Crippen LogP contribution in [0.5, 0.6) is 5.75 Å². The summed E-state index contributed by atoms with van der Waals surface area (Å²) in [5, 5.41) is 3.27. The fourth-order valence-electron chi connectivity index (χ4n) is 1.63. The van der Waals surface area contributed by atoms with Gasteiger partial charge in [0.1, 0.15) is 18.2 Å². The SMILES string of the molecule is CCCNc1cccc(COc2cccc(I)c2)n1. The maximum Gasteiger partial charge on any atom is 0.130 e. The van der Waals surface area contributed by atoms with E-state index in [0.29, 0.717) is 6.61 Å². The van der Waals surface area contributed by atoms with Crippen molar-refractivity contribution in [1.82, 2.24) is 4.98 Å². The van der Waals surface area contributed by atoms with Crippen LogP contribution in [0.3, 0.4) is 0 Å². The molecular weight excluding hydrogens is 351 g/mol. The van der Waals surface area contributed by atoms with Gasteiger partial charge in [0.05, 0.1) is 5.69 Å². The molecule has 0 bridgehead atoms. The predicted molar refractivity (Wildman–Crippen MR) is 86.5 cm³/mol. The second-order valence-corrected chi connectivity index (χ2v) is 5.43. The van der Waals surface area contributed by atoms with Gasteiger partial charge in [0.15, 0.2) is 0 Å². The third-order valence-corrected chi connectivity index (χ3v) is 3.22. The van der Waals surface area contributed by atoms with Gasteiger partial charge in [-0.1, -0.05) is 19.1 Å². The summed E-state index contributed by atoms with van der Waals surface area (Å²) in [6.07, 6.45) is 1.09. The van der Waals surface area contributed by atoms with Crippen molar-refractivity contribution in [3.8, 4) is 5.75 Å². The van der Waals surface area contributed by atoms with E-state index in [1.165, 1.54) is 3.57 Å². The predicted octanol–water partition coefficient (Wildman–Crippen LogP) is 4.09. The number of ether oxygens (including phenoxy) is 1. The van der Waals surface area contributed by atoms with E-state index >= 15 is 0 Å². The molecule has 4 heteroatoms. The average Bonchev–Trinajstić information content (AvgIpc) is 2.43. The lowest BCUT2D eigenvalue weighted by atomic mass is 10.3. The molecule has 3 nitrogen and oxygen atoms in total. The average molecular weight is 368 g/mol. The molecule has 1 N–H and O–H groups in total. The van der Waals surface area contributed by atoms with Crippen molar-refractivity contribution in [2.45, 2.75) is 20.0 Å². The zero-order chi connectivity index (χ0) is 13.5. The number of hydrogen-bond donors (Lipinski definition) is 1. The van der Waals surface area contributed by atoms with Crippen LogP contribution in [-0.4, -0.2) is 11.5 Å². The first-order valence-corrected chi connectivity index (χ1v) is 7.44. The number of rotatable bonds is 6. The van der Waals surface area contributed by atoms with E-state index < -0.39 is 0 Å². The molecule has 0 aliphatic carbocycles. The molecule has 19 heavy (non-hydrogen) atoms. The lowest BCUT2D eigenvalue weighted by molar-refractivity contribution is 0.301. The molecule has 100 valence electrons. The van der Waals surface area contributed by atoms with Crippen molar-refractivity contribution >= 4 is 28.4 Å². The number of anilines is 1. The molecule has 2 rings (SSSR count). The van der Waals surface area contributed by atoms with E-state index in [9.17, 15) is 0 Å². The van der Waals surface area contributed by atoms with E-state index in [0.717, 1.165) is 30.2 Å². The quantitative estimate of drug-likeness (QED) is 0.780. The number of hydrogen-bond acceptors (Lipinski definition) is 3. The molecule has 0 unspecified atom stereocenters.